The van der Waals surface area contributed by atoms with Crippen LogP contribution in [-0.2, 0) is 37.5 Å². The molecule has 1 amide bonds. The second-order valence-electron chi connectivity index (χ2n) is 6.52. The number of benzene rings is 1. The molecule has 0 spiro atoms. The summed E-state index contributed by atoms with van der Waals surface area (Å²) in [6.45, 7) is 8.09. The third kappa shape index (κ3) is 4.62. The Morgan fingerprint density at radius 1 is 1.22 bits per heavy atom. The van der Waals surface area contributed by atoms with Crippen molar-refractivity contribution < 1.29 is 41.9 Å². The first-order chi connectivity index (χ1) is 10.4. The molecule has 5 heteroatoms. The number of nitrogens with one attached hydrogen (secondary N) is 1. The molecule has 0 saturated carbocycles. The molecule has 1 aromatic rings. The van der Waals surface area contributed by atoms with E-state index in [0.29, 0.717) is 0 Å². The Labute approximate surface area is 165 Å². The Hall–Kier alpha value is 0.154. The number of rotatable bonds is 5. The molecule has 23 heavy (non-hydrogen) atoms. The largest absolute Gasteiger partial charge is 0.322 e. The van der Waals surface area contributed by atoms with E-state index in [-0.39, 0.29) is 50.1 Å². The summed E-state index contributed by atoms with van der Waals surface area (Å²) in [5, 5.41) is 3.11. The number of hydrogen-bond acceptors (Lipinski definition) is 1. The molecular weight excluding hydrogens is 385 g/mol. The van der Waals surface area contributed by atoms with Crippen LogP contribution in [0.3, 0.4) is 0 Å². The van der Waals surface area contributed by atoms with Crippen LogP contribution in [0.1, 0.15) is 44.2 Å². The SMILES string of the molecule is CCC(C(=O)Nc1c(C)cc(F)cc1C)[P+]1(CC)CCCC1.[Y]. The average Bonchev–Trinajstić information content (AvgIpc) is 2.93. The van der Waals surface area contributed by atoms with Crippen molar-refractivity contribution in [2.75, 3.05) is 23.8 Å². The molecule has 1 aliphatic rings. The van der Waals surface area contributed by atoms with Gasteiger partial charge in [0.15, 0.2) is 0 Å². The van der Waals surface area contributed by atoms with Crippen LogP contribution in [0.2, 0.25) is 0 Å². The van der Waals surface area contributed by atoms with Crippen molar-refractivity contribution in [1.29, 1.82) is 0 Å². The van der Waals surface area contributed by atoms with Crippen molar-refractivity contribution in [2.45, 2.75) is 52.6 Å². The van der Waals surface area contributed by atoms with E-state index in [2.05, 4.69) is 19.2 Å². The Morgan fingerprint density at radius 2 is 1.74 bits per heavy atom. The van der Waals surface area contributed by atoms with Gasteiger partial charge in [-0.15, -0.1) is 0 Å². The molecule has 0 aliphatic carbocycles. The summed E-state index contributed by atoms with van der Waals surface area (Å²) in [7, 11) is -1.16. The minimum Gasteiger partial charge on any atom is -0.322 e. The van der Waals surface area contributed by atoms with E-state index < -0.39 is 7.26 Å². The molecule has 1 saturated heterocycles. The van der Waals surface area contributed by atoms with Gasteiger partial charge >= 0.3 is 0 Å². The predicted molar refractivity (Wildman–Crippen MR) is 95.0 cm³/mol. The van der Waals surface area contributed by atoms with Crippen molar-refractivity contribution in [3.63, 3.8) is 0 Å². The maximum atomic E-state index is 13.4. The summed E-state index contributed by atoms with van der Waals surface area (Å²) < 4.78 is 13.4. The fourth-order valence-electron chi connectivity index (χ4n) is 3.95. The van der Waals surface area contributed by atoms with Gasteiger partial charge in [-0.05, 0) is 63.3 Å². The molecule has 1 unspecified atom stereocenters. The fraction of sp³-hybridized carbons (Fsp3) is 0.611. The molecule has 1 aromatic carbocycles. The average molecular weight is 413 g/mol. The molecule has 1 heterocycles. The molecule has 1 aliphatic heterocycles. The minimum atomic E-state index is -1.16. The van der Waals surface area contributed by atoms with E-state index in [1.54, 1.807) is 0 Å². The second-order valence-corrected chi connectivity index (χ2v) is 11.1. The third-order valence-electron chi connectivity index (χ3n) is 5.18. The van der Waals surface area contributed by atoms with Crippen LogP contribution in [0.5, 0.6) is 0 Å². The molecule has 1 atom stereocenters. The van der Waals surface area contributed by atoms with Gasteiger partial charge in [0.1, 0.15) is 11.5 Å². The smallest absolute Gasteiger partial charge is 0.265 e. The zero-order chi connectivity index (χ0) is 16.3. The van der Waals surface area contributed by atoms with Gasteiger partial charge in [0.05, 0.1) is 18.5 Å². The van der Waals surface area contributed by atoms with Crippen LogP contribution < -0.4 is 5.32 Å². The van der Waals surface area contributed by atoms with Crippen LogP contribution in [0.25, 0.3) is 0 Å². The molecule has 1 radical (unpaired) electrons. The van der Waals surface area contributed by atoms with Crippen LogP contribution >= 0.6 is 7.26 Å². The monoisotopic (exact) mass is 413 g/mol. The molecule has 0 bridgehead atoms. The van der Waals surface area contributed by atoms with Crippen molar-refractivity contribution in [3.05, 3.63) is 29.1 Å². The standard InChI is InChI=1S/C18H27FNOP.Y/c1-5-16(22(6-2)9-7-8-10-22)18(21)20-17-13(3)11-15(19)12-14(17)4;/h11-12,16H,5-10H2,1-4H3;/p+1. The van der Waals surface area contributed by atoms with E-state index >= 15 is 0 Å². The van der Waals surface area contributed by atoms with E-state index in [1.807, 2.05) is 13.8 Å². The van der Waals surface area contributed by atoms with E-state index in [9.17, 15) is 9.18 Å². The summed E-state index contributed by atoms with van der Waals surface area (Å²) in [5.41, 5.74) is 2.55. The molecule has 1 fully saturated rings. The van der Waals surface area contributed by atoms with Gasteiger partial charge in [0.2, 0.25) is 0 Å². The minimum absolute atomic E-state index is 0. The van der Waals surface area contributed by atoms with Crippen molar-refractivity contribution in [3.8, 4) is 0 Å². The number of halogens is 1. The summed E-state index contributed by atoms with van der Waals surface area (Å²) in [6.07, 6.45) is 7.15. The summed E-state index contributed by atoms with van der Waals surface area (Å²) in [6, 6.07) is 2.98. The number of carbonyl (C=O) groups is 1. The first kappa shape index (κ1) is 21.2. The van der Waals surface area contributed by atoms with Gasteiger partial charge in [-0.25, -0.2) is 4.39 Å². The number of aryl methyl sites for hydroxylation is 2. The van der Waals surface area contributed by atoms with Crippen LogP contribution in [0, 0.1) is 19.7 Å². The van der Waals surface area contributed by atoms with Gasteiger partial charge in [-0.2, -0.15) is 0 Å². The first-order valence-corrected chi connectivity index (χ1v) is 10.8. The van der Waals surface area contributed by atoms with E-state index in [1.165, 1.54) is 43.5 Å². The molecule has 2 nitrogen and oxygen atoms in total. The predicted octanol–water partition coefficient (Wildman–Crippen LogP) is 4.99. The van der Waals surface area contributed by atoms with Gasteiger partial charge in [-0.3, -0.25) is 4.79 Å². The van der Waals surface area contributed by atoms with Crippen molar-refractivity contribution in [1.82, 2.24) is 0 Å². The molecule has 2 rings (SSSR count). The van der Waals surface area contributed by atoms with Crippen molar-refractivity contribution >= 4 is 18.9 Å². The number of carbonyl (C=O) groups excluding carboxylic acids is 1. The Bertz CT molecular complexity index is 535. The topological polar surface area (TPSA) is 29.1 Å². The van der Waals surface area contributed by atoms with Gasteiger partial charge in [0.25, 0.3) is 5.91 Å². The van der Waals surface area contributed by atoms with Crippen molar-refractivity contribution in [2.24, 2.45) is 0 Å². The maximum absolute atomic E-state index is 13.4. The Balaban J connectivity index is 0.00000264. The zero-order valence-corrected chi connectivity index (χ0v) is 18.5. The number of hydrogen-bond donors (Lipinski definition) is 1. The normalized spacial score (nSPS) is 17.4. The van der Waals surface area contributed by atoms with E-state index in [4.69, 9.17) is 0 Å². The molecular formula is C18H28FNOPY+. The summed E-state index contributed by atoms with van der Waals surface area (Å²) >= 11 is 0. The van der Waals surface area contributed by atoms with E-state index in [0.717, 1.165) is 23.2 Å². The van der Waals surface area contributed by atoms with Crippen LogP contribution in [0.4, 0.5) is 10.1 Å². The number of amides is 1. The Kier molecular flexibility index (Phi) is 8.31. The molecule has 1 N–H and O–H groups in total. The molecule has 0 aromatic heterocycles. The van der Waals surface area contributed by atoms with Gasteiger partial charge < -0.3 is 5.32 Å². The fourth-order valence-corrected chi connectivity index (χ4v) is 8.91. The second kappa shape index (κ2) is 9.02. The quantitative estimate of drug-likeness (QED) is 0.678. The van der Waals surface area contributed by atoms with Crippen LogP contribution in [0.15, 0.2) is 12.1 Å². The summed E-state index contributed by atoms with van der Waals surface area (Å²) in [5.74, 6) is -0.0919. The molecule has 125 valence electrons. The Morgan fingerprint density at radius 3 is 2.17 bits per heavy atom. The maximum Gasteiger partial charge on any atom is 0.265 e. The van der Waals surface area contributed by atoms with Gasteiger partial charge in [0, 0.05) is 45.7 Å². The zero-order valence-electron chi connectivity index (χ0n) is 14.8. The summed E-state index contributed by atoms with van der Waals surface area (Å²) in [4.78, 5) is 12.9. The third-order valence-corrected chi connectivity index (χ3v) is 10.8. The first-order valence-electron chi connectivity index (χ1n) is 8.37. The van der Waals surface area contributed by atoms with Crippen LogP contribution in [-0.4, -0.2) is 30.1 Å². The van der Waals surface area contributed by atoms with Gasteiger partial charge in [-0.1, -0.05) is 6.92 Å². The number of anilines is 1.